The standard InChI is InChI=1S/C23H21ClN4O3/c1-31-23(30)19-9-8-18(27-21(19)14-5-6-14)13-26-20-10-7-15(12-25-20)22(29)28-17-4-2-3-16(24)11-17/h2-4,7-12,14H,5-6,13H2,1H3,(H,25,26)(H,28,29). The Morgan fingerprint density at radius 1 is 1.16 bits per heavy atom. The smallest absolute Gasteiger partial charge is 0.339 e. The van der Waals surface area contributed by atoms with Crippen LogP contribution in [0.15, 0.2) is 54.7 Å². The molecule has 1 aliphatic carbocycles. The van der Waals surface area contributed by atoms with Crippen LogP contribution in [0.25, 0.3) is 0 Å². The fraction of sp³-hybridized carbons (Fsp3) is 0.217. The summed E-state index contributed by atoms with van der Waals surface area (Å²) in [5.74, 6) is 0.313. The number of aromatic nitrogens is 2. The molecule has 0 radical (unpaired) electrons. The minimum Gasteiger partial charge on any atom is -0.465 e. The van der Waals surface area contributed by atoms with Gasteiger partial charge in [-0.05, 0) is 55.3 Å². The van der Waals surface area contributed by atoms with Crippen molar-refractivity contribution in [2.24, 2.45) is 0 Å². The van der Waals surface area contributed by atoms with Crippen molar-refractivity contribution in [1.82, 2.24) is 9.97 Å². The average molecular weight is 437 g/mol. The molecule has 1 aromatic carbocycles. The van der Waals surface area contributed by atoms with Gasteiger partial charge in [0.05, 0.1) is 36.2 Å². The van der Waals surface area contributed by atoms with E-state index in [9.17, 15) is 9.59 Å². The first-order chi connectivity index (χ1) is 15.0. The molecule has 1 aliphatic rings. The molecule has 8 heteroatoms. The van der Waals surface area contributed by atoms with E-state index in [1.165, 1.54) is 13.3 Å². The van der Waals surface area contributed by atoms with Crippen LogP contribution in [0.3, 0.4) is 0 Å². The summed E-state index contributed by atoms with van der Waals surface area (Å²) in [5, 5.41) is 6.53. The number of rotatable bonds is 7. The number of carbonyl (C=O) groups excluding carboxylic acids is 2. The summed E-state index contributed by atoms with van der Waals surface area (Å²) in [7, 11) is 1.37. The highest BCUT2D eigenvalue weighted by Crippen LogP contribution is 2.40. The van der Waals surface area contributed by atoms with Crippen LogP contribution in [-0.4, -0.2) is 29.0 Å². The average Bonchev–Trinajstić information content (AvgIpc) is 3.63. The second-order valence-electron chi connectivity index (χ2n) is 7.25. The van der Waals surface area contributed by atoms with Crippen LogP contribution in [-0.2, 0) is 11.3 Å². The Morgan fingerprint density at radius 2 is 2.00 bits per heavy atom. The Balaban J connectivity index is 1.39. The van der Waals surface area contributed by atoms with Crippen molar-refractivity contribution in [1.29, 1.82) is 0 Å². The van der Waals surface area contributed by atoms with Gasteiger partial charge in [-0.15, -0.1) is 0 Å². The normalized spacial score (nSPS) is 12.8. The third kappa shape index (κ3) is 5.19. The van der Waals surface area contributed by atoms with E-state index in [2.05, 4.69) is 20.6 Å². The van der Waals surface area contributed by atoms with E-state index >= 15 is 0 Å². The van der Waals surface area contributed by atoms with Crippen molar-refractivity contribution in [3.8, 4) is 0 Å². The Kier molecular flexibility index (Phi) is 6.13. The molecule has 0 bridgehead atoms. The van der Waals surface area contributed by atoms with Crippen molar-refractivity contribution in [3.63, 3.8) is 0 Å². The van der Waals surface area contributed by atoms with E-state index in [1.807, 2.05) is 0 Å². The van der Waals surface area contributed by atoms with Crippen LogP contribution in [0.2, 0.25) is 5.02 Å². The third-order valence-corrected chi connectivity index (χ3v) is 5.15. The molecule has 31 heavy (non-hydrogen) atoms. The zero-order valence-corrected chi connectivity index (χ0v) is 17.6. The summed E-state index contributed by atoms with van der Waals surface area (Å²) >= 11 is 5.94. The van der Waals surface area contributed by atoms with Gasteiger partial charge in [0, 0.05) is 22.8 Å². The molecule has 1 fully saturated rings. The van der Waals surface area contributed by atoms with Crippen LogP contribution in [0, 0.1) is 0 Å². The maximum atomic E-state index is 12.4. The second-order valence-corrected chi connectivity index (χ2v) is 7.69. The molecular weight excluding hydrogens is 416 g/mol. The van der Waals surface area contributed by atoms with Gasteiger partial charge in [0.2, 0.25) is 0 Å². The van der Waals surface area contributed by atoms with Gasteiger partial charge < -0.3 is 15.4 Å². The van der Waals surface area contributed by atoms with E-state index in [0.717, 1.165) is 24.2 Å². The lowest BCUT2D eigenvalue weighted by molar-refractivity contribution is 0.0598. The van der Waals surface area contributed by atoms with Gasteiger partial charge in [0.15, 0.2) is 0 Å². The molecule has 2 aromatic heterocycles. The SMILES string of the molecule is COC(=O)c1ccc(CNc2ccc(C(=O)Nc3cccc(Cl)c3)cn2)nc1C1CC1. The maximum Gasteiger partial charge on any atom is 0.339 e. The molecule has 0 saturated heterocycles. The van der Waals surface area contributed by atoms with Crippen LogP contribution in [0.4, 0.5) is 11.5 Å². The number of anilines is 2. The van der Waals surface area contributed by atoms with Crippen LogP contribution in [0.5, 0.6) is 0 Å². The van der Waals surface area contributed by atoms with E-state index < -0.39 is 0 Å². The fourth-order valence-corrected chi connectivity index (χ4v) is 3.34. The predicted molar refractivity (Wildman–Crippen MR) is 119 cm³/mol. The highest BCUT2D eigenvalue weighted by atomic mass is 35.5. The van der Waals surface area contributed by atoms with Gasteiger partial charge >= 0.3 is 5.97 Å². The number of hydrogen-bond donors (Lipinski definition) is 2. The largest absolute Gasteiger partial charge is 0.465 e. The number of nitrogens with one attached hydrogen (secondary N) is 2. The Labute approximate surface area is 184 Å². The highest BCUT2D eigenvalue weighted by Gasteiger charge is 2.30. The van der Waals surface area contributed by atoms with Gasteiger partial charge in [0.1, 0.15) is 5.82 Å². The van der Waals surface area contributed by atoms with Crippen molar-refractivity contribution < 1.29 is 14.3 Å². The number of hydrogen-bond acceptors (Lipinski definition) is 6. The first kappa shape index (κ1) is 20.8. The summed E-state index contributed by atoms with van der Waals surface area (Å²) in [5.41, 5.74) is 3.18. The summed E-state index contributed by atoms with van der Waals surface area (Å²) in [6.45, 7) is 0.447. The summed E-state index contributed by atoms with van der Waals surface area (Å²) < 4.78 is 4.85. The zero-order valence-electron chi connectivity index (χ0n) is 16.9. The predicted octanol–water partition coefficient (Wildman–Crippen LogP) is 4.66. The number of carbonyl (C=O) groups is 2. The molecule has 1 saturated carbocycles. The van der Waals surface area contributed by atoms with Gasteiger partial charge in [-0.25, -0.2) is 9.78 Å². The summed E-state index contributed by atoms with van der Waals surface area (Å²) in [4.78, 5) is 33.3. The lowest BCUT2D eigenvalue weighted by atomic mass is 10.1. The number of esters is 1. The number of benzene rings is 1. The van der Waals surface area contributed by atoms with Crippen LogP contribution < -0.4 is 10.6 Å². The first-order valence-electron chi connectivity index (χ1n) is 9.88. The van der Waals surface area contributed by atoms with E-state index in [4.69, 9.17) is 16.3 Å². The number of methoxy groups -OCH3 is 1. The molecule has 3 aromatic rings. The molecule has 2 N–H and O–H groups in total. The topological polar surface area (TPSA) is 93.2 Å². The van der Waals surface area contributed by atoms with E-state index in [1.54, 1.807) is 48.5 Å². The van der Waals surface area contributed by atoms with Crippen molar-refractivity contribution >= 4 is 35.0 Å². The second kappa shape index (κ2) is 9.14. The monoisotopic (exact) mass is 436 g/mol. The number of halogens is 1. The molecule has 7 nitrogen and oxygen atoms in total. The quantitative estimate of drug-likeness (QED) is 0.523. The molecule has 0 unspecified atom stereocenters. The Bertz CT molecular complexity index is 1110. The Morgan fingerprint density at radius 3 is 2.68 bits per heavy atom. The molecular formula is C23H21ClN4O3. The number of ether oxygens (including phenoxy) is 1. The molecule has 0 aliphatic heterocycles. The number of nitrogens with zero attached hydrogens (tertiary/aromatic N) is 2. The van der Waals surface area contributed by atoms with Crippen molar-refractivity contribution in [3.05, 3.63) is 82.3 Å². The molecule has 2 heterocycles. The molecule has 0 atom stereocenters. The van der Waals surface area contributed by atoms with Crippen LogP contribution >= 0.6 is 11.6 Å². The van der Waals surface area contributed by atoms with Gasteiger partial charge in [-0.2, -0.15) is 0 Å². The Hall–Kier alpha value is -3.45. The van der Waals surface area contributed by atoms with E-state index in [0.29, 0.717) is 40.1 Å². The number of amides is 1. The number of pyridine rings is 2. The van der Waals surface area contributed by atoms with Crippen LogP contribution in [0.1, 0.15) is 50.9 Å². The lowest BCUT2D eigenvalue weighted by Gasteiger charge is -2.10. The minimum absolute atomic E-state index is 0.268. The fourth-order valence-electron chi connectivity index (χ4n) is 3.15. The van der Waals surface area contributed by atoms with Gasteiger partial charge in [-0.3, -0.25) is 9.78 Å². The molecule has 158 valence electrons. The maximum absolute atomic E-state index is 12.4. The van der Waals surface area contributed by atoms with Gasteiger partial charge in [0.25, 0.3) is 5.91 Å². The lowest BCUT2D eigenvalue weighted by Crippen LogP contribution is -2.13. The minimum atomic E-state index is -0.359. The van der Waals surface area contributed by atoms with Crippen molar-refractivity contribution in [2.75, 3.05) is 17.7 Å². The third-order valence-electron chi connectivity index (χ3n) is 4.91. The molecule has 0 spiro atoms. The highest BCUT2D eigenvalue weighted by molar-refractivity contribution is 6.31. The molecule has 1 amide bonds. The van der Waals surface area contributed by atoms with Gasteiger partial charge in [-0.1, -0.05) is 17.7 Å². The van der Waals surface area contributed by atoms with Crippen molar-refractivity contribution in [2.45, 2.75) is 25.3 Å². The summed E-state index contributed by atoms with van der Waals surface area (Å²) in [6, 6.07) is 13.9. The summed E-state index contributed by atoms with van der Waals surface area (Å²) in [6.07, 6.45) is 3.58. The first-order valence-corrected chi connectivity index (χ1v) is 10.3. The zero-order chi connectivity index (χ0) is 21.8. The molecule has 4 rings (SSSR count). The van der Waals surface area contributed by atoms with E-state index in [-0.39, 0.29) is 11.9 Å².